The van der Waals surface area contributed by atoms with Gasteiger partial charge in [-0.1, -0.05) is 66.8 Å². The maximum atomic E-state index is 13.7. The second-order valence-electron chi connectivity index (χ2n) is 9.68. The molecule has 2 amide bonds. The van der Waals surface area contributed by atoms with Crippen LogP contribution in [0.4, 0.5) is 5.69 Å². The van der Waals surface area contributed by atoms with Gasteiger partial charge in [-0.25, -0.2) is 8.42 Å². The Morgan fingerprint density at radius 3 is 2.31 bits per heavy atom. The molecule has 0 spiro atoms. The van der Waals surface area contributed by atoms with E-state index >= 15 is 0 Å². The number of halogens is 1. The highest BCUT2D eigenvalue weighted by molar-refractivity contribution is 7.92. The molecule has 0 unspecified atom stereocenters. The first-order valence-corrected chi connectivity index (χ1v) is 14.6. The van der Waals surface area contributed by atoms with Gasteiger partial charge in [0.05, 0.1) is 11.9 Å². The number of benzene rings is 2. The molecule has 36 heavy (non-hydrogen) atoms. The molecule has 2 aromatic rings. The SMILES string of the molecule is Cc1ccc(CN(C(=O)CN(c2cccc(Cl)c2C)S(C)(=O)=O)[C@H](C)C(=O)NC2CCCCC2)cc1. The molecule has 9 heteroatoms. The maximum absolute atomic E-state index is 13.7. The second-order valence-corrected chi connectivity index (χ2v) is 12.0. The van der Waals surface area contributed by atoms with Crippen LogP contribution < -0.4 is 9.62 Å². The van der Waals surface area contributed by atoms with Crippen LogP contribution in [0.25, 0.3) is 0 Å². The standard InChI is InChI=1S/C27H36ClN3O4S/c1-19-13-15-22(16-14-19)17-30(21(3)27(33)29-23-9-6-5-7-10-23)26(32)18-31(36(4,34)35)25-12-8-11-24(28)20(25)2/h8,11-16,21,23H,5-7,9-10,17-18H2,1-4H3,(H,29,33)/t21-/m1/s1. The highest BCUT2D eigenvalue weighted by Gasteiger charge is 2.31. The first kappa shape index (κ1) is 28.0. The van der Waals surface area contributed by atoms with Crippen molar-refractivity contribution in [3.63, 3.8) is 0 Å². The molecule has 1 fully saturated rings. The zero-order valence-corrected chi connectivity index (χ0v) is 23.0. The van der Waals surface area contributed by atoms with Crippen LogP contribution in [-0.4, -0.2) is 50.0 Å². The quantitative estimate of drug-likeness (QED) is 0.511. The number of nitrogens with one attached hydrogen (secondary N) is 1. The third-order valence-electron chi connectivity index (χ3n) is 6.78. The number of hydrogen-bond donors (Lipinski definition) is 1. The Balaban J connectivity index is 1.89. The van der Waals surface area contributed by atoms with Crippen molar-refractivity contribution in [3.8, 4) is 0 Å². The van der Waals surface area contributed by atoms with Gasteiger partial charge in [0.2, 0.25) is 21.8 Å². The van der Waals surface area contributed by atoms with Crippen molar-refractivity contribution < 1.29 is 18.0 Å². The van der Waals surface area contributed by atoms with E-state index in [1.165, 1.54) is 11.3 Å². The summed E-state index contributed by atoms with van der Waals surface area (Å²) in [6.07, 6.45) is 6.25. The van der Waals surface area contributed by atoms with E-state index < -0.39 is 28.5 Å². The minimum atomic E-state index is -3.81. The molecular formula is C27H36ClN3O4S. The summed E-state index contributed by atoms with van der Waals surface area (Å²) in [4.78, 5) is 28.3. The molecule has 0 saturated heterocycles. The van der Waals surface area contributed by atoms with Gasteiger partial charge in [0, 0.05) is 17.6 Å². The minimum absolute atomic E-state index is 0.103. The lowest BCUT2D eigenvalue weighted by Crippen LogP contribution is -2.53. The highest BCUT2D eigenvalue weighted by Crippen LogP contribution is 2.28. The van der Waals surface area contributed by atoms with Gasteiger partial charge in [-0.2, -0.15) is 0 Å². The van der Waals surface area contributed by atoms with E-state index in [1.807, 2.05) is 31.2 Å². The molecule has 0 aliphatic heterocycles. The predicted octanol–water partition coefficient (Wildman–Crippen LogP) is 4.59. The van der Waals surface area contributed by atoms with Gasteiger partial charge in [-0.3, -0.25) is 13.9 Å². The number of aryl methyl sites for hydroxylation is 1. The van der Waals surface area contributed by atoms with Crippen LogP contribution in [0.2, 0.25) is 5.02 Å². The fourth-order valence-electron chi connectivity index (χ4n) is 4.50. The van der Waals surface area contributed by atoms with Crippen molar-refractivity contribution in [2.45, 2.75) is 71.5 Å². The number of carbonyl (C=O) groups excluding carboxylic acids is 2. The Morgan fingerprint density at radius 1 is 1.06 bits per heavy atom. The number of anilines is 1. The van der Waals surface area contributed by atoms with Crippen molar-refractivity contribution in [1.82, 2.24) is 10.2 Å². The lowest BCUT2D eigenvalue weighted by molar-refractivity contribution is -0.139. The van der Waals surface area contributed by atoms with Crippen molar-refractivity contribution in [2.24, 2.45) is 0 Å². The van der Waals surface area contributed by atoms with Crippen molar-refractivity contribution in [3.05, 3.63) is 64.2 Å². The van der Waals surface area contributed by atoms with Crippen LogP contribution in [0.15, 0.2) is 42.5 Å². The number of hydrogen-bond acceptors (Lipinski definition) is 4. The van der Waals surface area contributed by atoms with Gasteiger partial charge in [-0.15, -0.1) is 0 Å². The number of amides is 2. The Labute approximate surface area is 219 Å². The Bertz CT molecular complexity index is 1180. The van der Waals surface area contributed by atoms with E-state index in [4.69, 9.17) is 11.6 Å². The zero-order chi connectivity index (χ0) is 26.5. The van der Waals surface area contributed by atoms with Crippen molar-refractivity contribution >= 4 is 39.1 Å². The summed E-state index contributed by atoms with van der Waals surface area (Å²) < 4.78 is 26.6. The molecule has 0 aromatic heterocycles. The lowest BCUT2D eigenvalue weighted by Gasteiger charge is -2.33. The molecule has 1 saturated carbocycles. The summed E-state index contributed by atoms with van der Waals surface area (Å²) in [5, 5.41) is 3.51. The smallest absolute Gasteiger partial charge is 0.244 e. The Hall–Kier alpha value is -2.58. The van der Waals surface area contributed by atoms with Crippen LogP contribution in [-0.2, 0) is 26.2 Å². The van der Waals surface area contributed by atoms with E-state index in [0.717, 1.165) is 47.4 Å². The lowest BCUT2D eigenvalue weighted by atomic mass is 9.95. The van der Waals surface area contributed by atoms with Gasteiger partial charge in [-0.05, 0) is 56.9 Å². The number of nitrogens with zero attached hydrogens (tertiary/aromatic N) is 2. The third-order valence-corrected chi connectivity index (χ3v) is 8.32. The molecular weight excluding hydrogens is 498 g/mol. The first-order valence-electron chi connectivity index (χ1n) is 12.4. The normalized spacial score (nSPS) is 15.2. The van der Waals surface area contributed by atoms with Crippen molar-refractivity contribution in [1.29, 1.82) is 0 Å². The predicted molar refractivity (Wildman–Crippen MR) is 145 cm³/mol. The summed E-state index contributed by atoms with van der Waals surface area (Å²) in [5.74, 6) is -0.695. The largest absolute Gasteiger partial charge is 0.352 e. The van der Waals surface area contributed by atoms with E-state index in [2.05, 4.69) is 5.32 Å². The van der Waals surface area contributed by atoms with Crippen LogP contribution in [0, 0.1) is 13.8 Å². The fourth-order valence-corrected chi connectivity index (χ4v) is 5.57. The Kier molecular flexibility index (Phi) is 9.41. The second kappa shape index (κ2) is 12.1. The summed E-state index contributed by atoms with van der Waals surface area (Å²) in [5.41, 5.74) is 2.84. The number of rotatable bonds is 9. The molecule has 1 aliphatic carbocycles. The highest BCUT2D eigenvalue weighted by atomic mass is 35.5. The fraction of sp³-hybridized carbons (Fsp3) is 0.481. The van der Waals surface area contributed by atoms with E-state index in [-0.39, 0.29) is 18.5 Å². The molecule has 0 radical (unpaired) electrons. The topological polar surface area (TPSA) is 86.8 Å². The molecule has 196 valence electrons. The number of sulfonamides is 1. The van der Waals surface area contributed by atoms with Gasteiger partial charge in [0.1, 0.15) is 12.6 Å². The first-order chi connectivity index (χ1) is 17.0. The van der Waals surface area contributed by atoms with Crippen LogP contribution >= 0.6 is 11.6 Å². The average molecular weight is 534 g/mol. The summed E-state index contributed by atoms with van der Waals surface area (Å²) in [6, 6.07) is 12.0. The monoisotopic (exact) mass is 533 g/mol. The minimum Gasteiger partial charge on any atom is -0.352 e. The van der Waals surface area contributed by atoms with Crippen LogP contribution in [0.1, 0.15) is 55.7 Å². The van der Waals surface area contributed by atoms with Gasteiger partial charge >= 0.3 is 0 Å². The van der Waals surface area contributed by atoms with Gasteiger partial charge in [0.25, 0.3) is 0 Å². The van der Waals surface area contributed by atoms with Gasteiger partial charge in [0.15, 0.2) is 0 Å². The summed E-state index contributed by atoms with van der Waals surface area (Å²) >= 11 is 6.24. The van der Waals surface area contributed by atoms with E-state index in [1.54, 1.807) is 32.0 Å². The van der Waals surface area contributed by atoms with E-state index in [0.29, 0.717) is 16.3 Å². The zero-order valence-electron chi connectivity index (χ0n) is 21.5. The molecule has 7 nitrogen and oxygen atoms in total. The summed E-state index contributed by atoms with van der Waals surface area (Å²) in [7, 11) is -3.81. The maximum Gasteiger partial charge on any atom is 0.244 e. The molecule has 0 heterocycles. The van der Waals surface area contributed by atoms with Crippen molar-refractivity contribution in [2.75, 3.05) is 17.1 Å². The third kappa shape index (κ3) is 7.23. The molecule has 1 atom stereocenters. The summed E-state index contributed by atoms with van der Waals surface area (Å²) in [6.45, 7) is 5.13. The molecule has 2 aromatic carbocycles. The Morgan fingerprint density at radius 2 is 1.69 bits per heavy atom. The molecule has 0 bridgehead atoms. The number of carbonyl (C=O) groups is 2. The van der Waals surface area contributed by atoms with Crippen LogP contribution in [0.3, 0.4) is 0 Å². The molecule has 1 aliphatic rings. The van der Waals surface area contributed by atoms with E-state index in [9.17, 15) is 18.0 Å². The molecule has 3 rings (SSSR count). The molecule has 1 N–H and O–H groups in total. The van der Waals surface area contributed by atoms with Crippen LogP contribution in [0.5, 0.6) is 0 Å². The average Bonchev–Trinajstić information content (AvgIpc) is 2.83. The van der Waals surface area contributed by atoms with Gasteiger partial charge < -0.3 is 10.2 Å².